The van der Waals surface area contributed by atoms with Gasteiger partial charge in [0.25, 0.3) is 0 Å². The van der Waals surface area contributed by atoms with Crippen LogP contribution in [0.25, 0.3) is 0 Å². The molecule has 0 spiro atoms. The van der Waals surface area contributed by atoms with Gasteiger partial charge >= 0.3 is 0 Å². The average molecular weight is 197 g/mol. The summed E-state index contributed by atoms with van der Waals surface area (Å²) < 4.78 is 5.22. The monoisotopic (exact) mass is 196 g/mol. The summed E-state index contributed by atoms with van der Waals surface area (Å²) in [5.74, 6) is 0.506. The summed E-state index contributed by atoms with van der Waals surface area (Å²) in [4.78, 5) is 0. The minimum atomic E-state index is 0.346. The first-order chi connectivity index (χ1) is 6.29. The van der Waals surface area contributed by atoms with E-state index in [0.29, 0.717) is 29.5 Å². The molecule has 0 fully saturated rings. The van der Waals surface area contributed by atoms with E-state index in [1.807, 2.05) is 6.07 Å². The predicted octanol–water partition coefficient (Wildman–Crippen LogP) is 1.55. The molecule has 0 radical (unpaired) electrons. The molecule has 0 aliphatic rings. The summed E-state index contributed by atoms with van der Waals surface area (Å²) in [5.41, 5.74) is 5.68. The van der Waals surface area contributed by atoms with E-state index in [-0.39, 0.29) is 0 Å². The second kappa shape index (κ2) is 4.70. The molecule has 3 nitrogen and oxygen atoms in total. The number of ether oxygens (including phenoxy) is 1. The first-order valence-electron chi connectivity index (χ1n) is 3.81. The van der Waals surface area contributed by atoms with Gasteiger partial charge < -0.3 is 10.5 Å². The minimum absolute atomic E-state index is 0.346. The quantitative estimate of drug-likeness (QED) is 0.798. The standard InChI is InChI=1S/C9H9ClN2O/c10-9-7(6-12)2-1-3-8(9)13-5-4-11/h1-3H,4-5,11H2. The van der Waals surface area contributed by atoms with E-state index in [2.05, 4.69) is 0 Å². The lowest BCUT2D eigenvalue weighted by Crippen LogP contribution is -2.10. The van der Waals surface area contributed by atoms with Gasteiger partial charge in [-0.2, -0.15) is 5.26 Å². The number of rotatable bonds is 3. The molecular formula is C9H9ClN2O. The van der Waals surface area contributed by atoms with Gasteiger partial charge in [-0.25, -0.2) is 0 Å². The van der Waals surface area contributed by atoms with Crippen molar-refractivity contribution in [2.24, 2.45) is 5.73 Å². The molecular weight excluding hydrogens is 188 g/mol. The topological polar surface area (TPSA) is 59.0 Å². The van der Waals surface area contributed by atoms with Crippen LogP contribution < -0.4 is 10.5 Å². The van der Waals surface area contributed by atoms with Gasteiger partial charge in [0.1, 0.15) is 23.4 Å². The van der Waals surface area contributed by atoms with Gasteiger partial charge in [-0.3, -0.25) is 0 Å². The molecule has 0 bridgehead atoms. The van der Waals surface area contributed by atoms with Crippen molar-refractivity contribution in [2.45, 2.75) is 0 Å². The Kier molecular flexibility index (Phi) is 3.56. The molecule has 0 unspecified atom stereocenters. The second-order valence-corrected chi connectivity index (χ2v) is 2.74. The van der Waals surface area contributed by atoms with Crippen LogP contribution in [-0.4, -0.2) is 13.2 Å². The average Bonchev–Trinajstić information content (AvgIpc) is 2.16. The molecule has 0 saturated heterocycles. The van der Waals surface area contributed by atoms with Crippen LogP contribution in [0.15, 0.2) is 18.2 Å². The summed E-state index contributed by atoms with van der Waals surface area (Å²) in [5, 5.41) is 9.00. The Morgan fingerprint density at radius 1 is 1.54 bits per heavy atom. The number of nitriles is 1. The number of nitrogens with two attached hydrogens (primary N) is 1. The van der Waals surface area contributed by atoms with E-state index < -0.39 is 0 Å². The highest BCUT2D eigenvalue weighted by molar-refractivity contribution is 6.33. The maximum absolute atomic E-state index is 8.65. The van der Waals surface area contributed by atoms with Gasteiger partial charge in [-0.15, -0.1) is 0 Å². The Balaban J connectivity index is 2.90. The Morgan fingerprint density at radius 3 is 2.92 bits per heavy atom. The molecule has 0 saturated carbocycles. The van der Waals surface area contributed by atoms with Crippen LogP contribution in [0.3, 0.4) is 0 Å². The van der Waals surface area contributed by atoms with E-state index in [1.165, 1.54) is 0 Å². The van der Waals surface area contributed by atoms with E-state index in [9.17, 15) is 0 Å². The van der Waals surface area contributed by atoms with Crippen molar-refractivity contribution < 1.29 is 4.74 Å². The SMILES string of the molecule is N#Cc1cccc(OCCN)c1Cl. The number of hydrogen-bond acceptors (Lipinski definition) is 3. The summed E-state index contributed by atoms with van der Waals surface area (Å²) in [6.45, 7) is 0.821. The smallest absolute Gasteiger partial charge is 0.139 e. The molecule has 0 heterocycles. The van der Waals surface area contributed by atoms with Crippen LogP contribution >= 0.6 is 11.6 Å². The maximum atomic E-state index is 8.65. The van der Waals surface area contributed by atoms with Crippen LogP contribution in [0.5, 0.6) is 5.75 Å². The lowest BCUT2D eigenvalue weighted by Gasteiger charge is -2.06. The first kappa shape index (κ1) is 9.85. The molecule has 4 heteroatoms. The largest absolute Gasteiger partial charge is 0.491 e. The molecule has 1 aromatic rings. The zero-order chi connectivity index (χ0) is 9.68. The molecule has 0 aliphatic carbocycles. The highest BCUT2D eigenvalue weighted by atomic mass is 35.5. The molecule has 2 N–H and O–H groups in total. The normalized spacial score (nSPS) is 9.31. The Labute approximate surface area is 81.7 Å². The summed E-state index contributed by atoms with van der Waals surface area (Å²) in [7, 11) is 0. The number of nitrogens with zero attached hydrogens (tertiary/aromatic N) is 1. The van der Waals surface area contributed by atoms with Crippen molar-refractivity contribution in [1.29, 1.82) is 5.26 Å². The summed E-state index contributed by atoms with van der Waals surface area (Å²) >= 11 is 5.86. The highest BCUT2D eigenvalue weighted by Crippen LogP contribution is 2.27. The van der Waals surface area contributed by atoms with Crippen LogP contribution in [0.2, 0.25) is 5.02 Å². The highest BCUT2D eigenvalue weighted by Gasteiger charge is 2.05. The van der Waals surface area contributed by atoms with E-state index in [0.717, 1.165) is 0 Å². The second-order valence-electron chi connectivity index (χ2n) is 2.37. The third-order valence-electron chi connectivity index (χ3n) is 1.46. The molecule has 0 aliphatic heterocycles. The molecule has 0 aromatic heterocycles. The fourth-order valence-corrected chi connectivity index (χ4v) is 1.10. The van der Waals surface area contributed by atoms with Crippen molar-refractivity contribution in [1.82, 2.24) is 0 Å². The zero-order valence-electron chi connectivity index (χ0n) is 6.96. The molecule has 1 aromatic carbocycles. The van der Waals surface area contributed by atoms with Crippen LogP contribution in [0.1, 0.15) is 5.56 Å². The summed E-state index contributed by atoms with van der Waals surface area (Å²) in [6.07, 6.45) is 0. The Bertz CT molecular complexity index is 333. The Morgan fingerprint density at radius 2 is 2.31 bits per heavy atom. The van der Waals surface area contributed by atoms with Gasteiger partial charge in [0.2, 0.25) is 0 Å². The summed E-state index contributed by atoms with van der Waals surface area (Å²) in [6, 6.07) is 7.03. The lowest BCUT2D eigenvalue weighted by atomic mass is 10.2. The van der Waals surface area contributed by atoms with Gasteiger partial charge in [0.15, 0.2) is 0 Å². The van der Waals surface area contributed by atoms with Crippen molar-refractivity contribution >= 4 is 11.6 Å². The number of hydrogen-bond donors (Lipinski definition) is 1. The van der Waals surface area contributed by atoms with Crippen LogP contribution in [0, 0.1) is 11.3 Å². The van der Waals surface area contributed by atoms with Crippen molar-refractivity contribution in [3.63, 3.8) is 0 Å². The van der Waals surface area contributed by atoms with E-state index in [1.54, 1.807) is 18.2 Å². The lowest BCUT2D eigenvalue weighted by molar-refractivity contribution is 0.328. The zero-order valence-corrected chi connectivity index (χ0v) is 7.71. The first-order valence-corrected chi connectivity index (χ1v) is 4.19. The van der Waals surface area contributed by atoms with E-state index >= 15 is 0 Å². The maximum Gasteiger partial charge on any atom is 0.139 e. The number of benzene rings is 1. The van der Waals surface area contributed by atoms with Crippen molar-refractivity contribution in [2.75, 3.05) is 13.2 Å². The number of halogens is 1. The van der Waals surface area contributed by atoms with Crippen LogP contribution in [0.4, 0.5) is 0 Å². The third kappa shape index (κ3) is 2.35. The van der Waals surface area contributed by atoms with Crippen LogP contribution in [-0.2, 0) is 0 Å². The Hall–Kier alpha value is -1.24. The van der Waals surface area contributed by atoms with Crippen molar-refractivity contribution in [3.8, 4) is 11.8 Å². The van der Waals surface area contributed by atoms with Crippen molar-refractivity contribution in [3.05, 3.63) is 28.8 Å². The fourth-order valence-electron chi connectivity index (χ4n) is 0.877. The van der Waals surface area contributed by atoms with E-state index in [4.69, 9.17) is 27.3 Å². The molecule has 0 atom stereocenters. The molecule has 0 amide bonds. The fraction of sp³-hybridized carbons (Fsp3) is 0.222. The minimum Gasteiger partial charge on any atom is -0.491 e. The van der Waals surface area contributed by atoms with Gasteiger partial charge in [-0.05, 0) is 12.1 Å². The van der Waals surface area contributed by atoms with Gasteiger partial charge in [-0.1, -0.05) is 17.7 Å². The molecule has 13 heavy (non-hydrogen) atoms. The molecule has 1 rings (SSSR count). The van der Waals surface area contributed by atoms with Gasteiger partial charge in [0, 0.05) is 6.54 Å². The third-order valence-corrected chi connectivity index (χ3v) is 1.85. The molecule has 68 valence electrons. The van der Waals surface area contributed by atoms with Gasteiger partial charge in [0.05, 0.1) is 5.56 Å². The predicted molar refractivity (Wildman–Crippen MR) is 50.7 cm³/mol.